The molecule has 1 amide bonds. The second-order valence-corrected chi connectivity index (χ2v) is 10.0. The lowest BCUT2D eigenvalue weighted by atomic mass is 10.1. The summed E-state index contributed by atoms with van der Waals surface area (Å²) in [6.45, 7) is 12.0. The van der Waals surface area contributed by atoms with Crippen LogP contribution in [-0.4, -0.2) is 34.0 Å². The molecule has 1 N–H and O–H groups in total. The van der Waals surface area contributed by atoms with Gasteiger partial charge in [0, 0.05) is 28.0 Å². The molecule has 0 bridgehead atoms. The van der Waals surface area contributed by atoms with Crippen LogP contribution in [0.15, 0.2) is 46.4 Å². The van der Waals surface area contributed by atoms with Crippen LogP contribution in [0.1, 0.15) is 38.8 Å². The Hall–Kier alpha value is -3.16. The maximum absolute atomic E-state index is 12.7. The highest BCUT2D eigenvalue weighted by Crippen LogP contribution is 2.29. The normalized spacial score (nSPS) is 11.4. The minimum Gasteiger partial charge on any atom is -0.467 e. The van der Waals surface area contributed by atoms with E-state index in [1.165, 1.54) is 17.0 Å². The van der Waals surface area contributed by atoms with Gasteiger partial charge >= 0.3 is 0 Å². The number of anilines is 1. The number of aromatic nitrogens is 2. The summed E-state index contributed by atoms with van der Waals surface area (Å²) < 4.78 is 7.77. The van der Waals surface area contributed by atoms with Crippen molar-refractivity contribution in [2.24, 2.45) is 0 Å². The van der Waals surface area contributed by atoms with Crippen molar-refractivity contribution in [3.05, 3.63) is 80.8 Å². The first-order chi connectivity index (χ1) is 16.2. The van der Waals surface area contributed by atoms with E-state index in [-0.39, 0.29) is 5.91 Å². The molecule has 0 radical (unpaired) electrons. The Bertz CT molecular complexity index is 1280. The molecule has 0 fully saturated rings. The molecule has 0 aliphatic rings. The molecule has 0 atom stereocenters. The monoisotopic (exact) mass is 476 g/mol. The van der Waals surface area contributed by atoms with E-state index in [4.69, 9.17) is 9.40 Å². The van der Waals surface area contributed by atoms with Crippen LogP contribution in [0.25, 0.3) is 11.3 Å². The number of benzene rings is 1. The first-order valence-corrected chi connectivity index (χ1v) is 12.3. The number of hydrogen-bond donors (Lipinski definition) is 1. The number of nitrogens with one attached hydrogen (secondary N) is 1. The summed E-state index contributed by atoms with van der Waals surface area (Å²) in [7, 11) is 1.95. The summed E-state index contributed by atoms with van der Waals surface area (Å²) in [5, 5.41) is 6.17. The molecule has 178 valence electrons. The highest BCUT2D eigenvalue weighted by Gasteiger charge is 2.16. The molecule has 7 heteroatoms. The number of nitrogens with zero attached hydrogens (tertiary/aromatic N) is 3. The molecule has 3 aromatic heterocycles. The number of thiazole rings is 1. The number of rotatable bonds is 8. The lowest BCUT2D eigenvalue weighted by Crippen LogP contribution is -2.30. The van der Waals surface area contributed by atoms with Gasteiger partial charge in [-0.15, -0.1) is 11.3 Å². The van der Waals surface area contributed by atoms with E-state index in [1.807, 2.05) is 37.9 Å². The number of likely N-dealkylation sites (N-methyl/N-ethyl adjacent to an activating group) is 1. The number of aryl methyl sites for hydroxylation is 4. The molecule has 4 aromatic rings. The van der Waals surface area contributed by atoms with E-state index in [0.29, 0.717) is 19.6 Å². The van der Waals surface area contributed by atoms with Crippen LogP contribution < -0.4 is 5.32 Å². The number of carbonyl (C=O) groups is 1. The van der Waals surface area contributed by atoms with Crippen molar-refractivity contribution in [1.82, 2.24) is 14.5 Å². The predicted octanol–water partition coefficient (Wildman–Crippen LogP) is 5.87. The summed E-state index contributed by atoms with van der Waals surface area (Å²) in [6.07, 6.45) is 1.71. The van der Waals surface area contributed by atoms with Crippen LogP contribution in [-0.2, 0) is 17.9 Å². The van der Waals surface area contributed by atoms with E-state index in [2.05, 4.69) is 54.2 Å². The quantitative estimate of drug-likeness (QED) is 0.346. The number of carbonyl (C=O) groups excluding carboxylic acids is 1. The molecule has 0 unspecified atom stereocenters. The van der Waals surface area contributed by atoms with Gasteiger partial charge in [0.25, 0.3) is 0 Å². The minimum absolute atomic E-state index is 0.0178. The molecule has 0 saturated heterocycles. The molecule has 3 heterocycles. The van der Waals surface area contributed by atoms with Crippen LogP contribution in [0.4, 0.5) is 5.69 Å². The van der Waals surface area contributed by atoms with Gasteiger partial charge in [0.2, 0.25) is 5.91 Å². The van der Waals surface area contributed by atoms with E-state index in [0.717, 1.165) is 38.8 Å². The van der Waals surface area contributed by atoms with Crippen molar-refractivity contribution in [3.8, 4) is 11.3 Å². The zero-order valence-corrected chi connectivity index (χ0v) is 21.5. The molecule has 0 spiro atoms. The van der Waals surface area contributed by atoms with E-state index in [1.54, 1.807) is 17.6 Å². The molecule has 4 rings (SSSR count). The third-order valence-electron chi connectivity index (χ3n) is 6.06. The summed E-state index contributed by atoms with van der Waals surface area (Å²) in [4.78, 5) is 19.5. The highest BCUT2D eigenvalue weighted by molar-refractivity contribution is 7.09. The Balaban J connectivity index is 1.40. The molecule has 0 aliphatic carbocycles. The van der Waals surface area contributed by atoms with Crippen molar-refractivity contribution in [3.63, 3.8) is 0 Å². The zero-order chi connectivity index (χ0) is 24.4. The van der Waals surface area contributed by atoms with Crippen molar-refractivity contribution >= 4 is 22.9 Å². The predicted molar refractivity (Wildman–Crippen MR) is 138 cm³/mol. The third kappa shape index (κ3) is 5.32. The molecule has 0 aliphatic heterocycles. The lowest BCUT2D eigenvalue weighted by Gasteiger charge is -2.17. The Morgan fingerprint density at radius 3 is 2.56 bits per heavy atom. The largest absolute Gasteiger partial charge is 0.467 e. The zero-order valence-electron chi connectivity index (χ0n) is 20.7. The Morgan fingerprint density at radius 1 is 1.15 bits per heavy atom. The standard InChI is InChI=1S/C27H32N4O2S/c1-17-10-18(2)27(19(3)11-17)29-25(32)14-30(6)15-26-28-24(16-34-26)23-12-20(4)31(21(23)5)13-22-8-7-9-33-22/h7-12,16H,13-15H2,1-6H3,(H,29,32). The molecular formula is C27H32N4O2S. The molecule has 0 saturated carbocycles. The van der Waals surface area contributed by atoms with Crippen LogP contribution in [0.2, 0.25) is 0 Å². The first-order valence-electron chi connectivity index (χ1n) is 11.4. The van der Waals surface area contributed by atoms with Crippen LogP contribution in [0, 0.1) is 34.6 Å². The smallest absolute Gasteiger partial charge is 0.238 e. The number of furan rings is 1. The van der Waals surface area contributed by atoms with Crippen LogP contribution in [0.3, 0.4) is 0 Å². The van der Waals surface area contributed by atoms with Crippen molar-refractivity contribution in [1.29, 1.82) is 0 Å². The van der Waals surface area contributed by atoms with Crippen LogP contribution in [0.5, 0.6) is 0 Å². The maximum atomic E-state index is 12.7. The van der Waals surface area contributed by atoms with Gasteiger partial charge in [-0.3, -0.25) is 9.69 Å². The molecular weight excluding hydrogens is 444 g/mol. The lowest BCUT2D eigenvalue weighted by molar-refractivity contribution is -0.117. The SMILES string of the molecule is Cc1cc(C)c(NC(=O)CN(C)Cc2nc(-c3cc(C)n(Cc4ccco4)c3C)cs2)c(C)c1. The van der Waals surface area contributed by atoms with Gasteiger partial charge in [-0.25, -0.2) is 4.98 Å². The fourth-order valence-corrected chi connectivity index (χ4v) is 5.33. The van der Waals surface area contributed by atoms with Gasteiger partial charge in [0.1, 0.15) is 10.8 Å². The van der Waals surface area contributed by atoms with E-state index in [9.17, 15) is 4.79 Å². The van der Waals surface area contributed by atoms with Crippen LogP contribution >= 0.6 is 11.3 Å². The summed E-state index contributed by atoms with van der Waals surface area (Å²) >= 11 is 1.63. The second kappa shape index (κ2) is 9.99. The minimum atomic E-state index is -0.0178. The van der Waals surface area contributed by atoms with Gasteiger partial charge < -0.3 is 14.3 Å². The molecule has 6 nitrogen and oxygen atoms in total. The fourth-order valence-electron chi connectivity index (χ4n) is 4.46. The Morgan fingerprint density at radius 2 is 1.88 bits per heavy atom. The van der Waals surface area contributed by atoms with Crippen molar-refractivity contribution < 1.29 is 9.21 Å². The van der Waals surface area contributed by atoms with Crippen molar-refractivity contribution in [2.45, 2.75) is 47.7 Å². The second-order valence-electron chi connectivity index (χ2n) is 9.07. The summed E-state index contributed by atoms with van der Waals surface area (Å²) in [5.74, 6) is 0.916. The molecule has 1 aromatic carbocycles. The maximum Gasteiger partial charge on any atom is 0.238 e. The topological polar surface area (TPSA) is 63.3 Å². The summed E-state index contributed by atoms with van der Waals surface area (Å²) in [5.41, 5.74) is 8.73. The number of amides is 1. The molecule has 34 heavy (non-hydrogen) atoms. The Kier molecular flexibility index (Phi) is 7.05. The van der Waals surface area contributed by atoms with E-state index >= 15 is 0 Å². The van der Waals surface area contributed by atoms with Gasteiger partial charge in [0.15, 0.2) is 0 Å². The van der Waals surface area contributed by atoms with Gasteiger partial charge in [-0.2, -0.15) is 0 Å². The average Bonchev–Trinajstić information content (AvgIpc) is 3.49. The first kappa shape index (κ1) is 24.0. The third-order valence-corrected chi connectivity index (χ3v) is 6.89. The number of hydrogen-bond acceptors (Lipinski definition) is 5. The van der Waals surface area contributed by atoms with Gasteiger partial charge in [0.05, 0.1) is 31.6 Å². The van der Waals surface area contributed by atoms with E-state index < -0.39 is 0 Å². The summed E-state index contributed by atoms with van der Waals surface area (Å²) in [6, 6.07) is 10.3. The Labute approximate surface area is 205 Å². The highest BCUT2D eigenvalue weighted by atomic mass is 32.1. The fraction of sp³-hybridized carbons (Fsp3) is 0.333. The average molecular weight is 477 g/mol. The van der Waals surface area contributed by atoms with Gasteiger partial charge in [-0.1, -0.05) is 17.7 Å². The van der Waals surface area contributed by atoms with Gasteiger partial charge in [-0.05, 0) is 71.0 Å². The van der Waals surface area contributed by atoms with Crippen molar-refractivity contribution in [2.75, 3.05) is 18.9 Å².